The van der Waals surface area contributed by atoms with Gasteiger partial charge in [0.1, 0.15) is 0 Å². The molecule has 0 saturated carbocycles. The molecule has 24 valence electrons. The molecule has 3 heteroatoms. The van der Waals surface area contributed by atoms with E-state index in [1.807, 2.05) is 0 Å². The van der Waals surface area contributed by atoms with Gasteiger partial charge in [-0.2, -0.15) is 0 Å². The summed E-state index contributed by atoms with van der Waals surface area (Å²) in [5, 5.41) is 7.06. The number of rotatable bonds is 0. The van der Waals surface area contributed by atoms with Crippen LogP contribution in [0.2, 0.25) is 6.32 Å². The molecule has 0 aromatic rings. The van der Waals surface area contributed by atoms with E-state index in [0.717, 1.165) is 6.32 Å². The molecule has 1 heterocycles. The Morgan fingerprint density at radius 3 is 3.00 bits per heavy atom. The molecule has 0 amide bonds. The molecular formula is C2H3BN2. The summed E-state index contributed by atoms with van der Waals surface area (Å²) in [5.74, 6) is 0. The zero-order chi connectivity index (χ0) is 3.54. The van der Waals surface area contributed by atoms with Crippen LogP contribution in [0, 0.1) is 0 Å². The van der Waals surface area contributed by atoms with Crippen LogP contribution in [0.25, 0.3) is 0 Å². The molecule has 0 aromatic heterocycles. The molecular weight excluding hydrogens is 62.8 g/mol. The van der Waals surface area contributed by atoms with E-state index in [0.29, 0.717) is 0 Å². The van der Waals surface area contributed by atoms with Crippen LogP contribution in [0.4, 0.5) is 0 Å². The Balaban J connectivity index is 2.61. The van der Waals surface area contributed by atoms with E-state index in [-0.39, 0.29) is 0 Å². The summed E-state index contributed by atoms with van der Waals surface area (Å²) in [4.78, 5) is 0. The molecule has 5 heavy (non-hydrogen) atoms. The Morgan fingerprint density at radius 2 is 2.80 bits per heavy atom. The van der Waals surface area contributed by atoms with Gasteiger partial charge >= 0.3 is 29.7 Å². The summed E-state index contributed by atoms with van der Waals surface area (Å²) in [6.07, 6.45) is 2.68. The molecule has 1 aliphatic rings. The second kappa shape index (κ2) is 1.10. The van der Waals surface area contributed by atoms with Crippen molar-refractivity contribution in [2.24, 2.45) is 10.1 Å². The van der Waals surface area contributed by atoms with Crippen LogP contribution in [0.5, 0.6) is 0 Å². The first-order valence-corrected chi connectivity index (χ1v) is 1.53. The van der Waals surface area contributed by atoms with Crippen molar-refractivity contribution in [2.45, 2.75) is 6.32 Å². The zero-order valence-corrected chi connectivity index (χ0v) is 2.76. The molecule has 1 aliphatic heterocycles. The van der Waals surface area contributed by atoms with Gasteiger partial charge in [-0.15, -0.1) is 0 Å². The van der Waals surface area contributed by atoms with Crippen molar-refractivity contribution in [3.63, 3.8) is 0 Å². The van der Waals surface area contributed by atoms with Gasteiger partial charge in [0.2, 0.25) is 0 Å². The Kier molecular flexibility index (Phi) is 0.609. The first kappa shape index (κ1) is 2.76. The van der Waals surface area contributed by atoms with Gasteiger partial charge < -0.3 is 0 Å². The molecule has 2 nitrogen and oxygen atoms in total. The molecule has 0 atom stereocenters. The molecule has 0 bridgehead atoms. The molecule has 0 aliphatic carbocycles. The summed E-state index contributed by atoms with van der Waals surface area (Å²) in [6.45, 7) is 0. The van der Waals surface area contributed by atoms with Gasteiger partial charge in [-0.1, -0.05) is 0 Å². The van der Waals surface area contributed by atoms with E-state index in [4.69, 9.17) is 0 Å². The van der Waals surface area contributed by atoms with E-state index in [2.05, 4.69) is 10.1 Å². The molecule has 1 rings (SSSR count). The third kappa shape index (κ3) is 0.405. The van der Waals surface area contributed by atoms with Crippen LogP contribution in [-0.2, 0) is 0 Å². The van der Waals surface area contributed by atoms with Crippen molar-refractivity contribution in [1.29, 1.82) is 0 Å². The van der Waals surface area contributed by atoms with Crippen molar-refractivity contribution in [1.82, 2.24) is 0 Å². The number of hydrogen-bond acceptors (Lipinski definition) is 2. The summed E-state index contributed by atoms with van der Waals surface area (Å²) in [5.41, 5.74) is 0. The number of hydrogen-bond donors (Lipinski definition) is 0. The fourth-order valence-corrected chi connectivity index (χ4v) is 0.236. The summed E-state index contributed by atoms with van der Waals surface area (Å²) in [6, 6.07) is 0. The average molecular weight is 65.9 g/mol. The molecule has 0 saturated heterocycles. The van der Waals surface area contributed by atoms with Gasteiger partial charge in [-0.3, -0.25) is 0 Å². The summed E-state index contributed by atoms with van der Waals surface area (Å²) >= 11 is 0. The molecule has 0 fully saturated rings. The van der Waals surface area contributed by atoms with Gasteiger partial charge in [0, 0.05) is 0 Å². The topological polar surface area (TPSA) is 24.7 Å². The Morgan fingerprint density at radius 1 is 1.80 bits per heavy atom. The average Bonchev–Trinajstić information content (AvgIpc) is 1.76. The van der Waals surface area contributed by atoms with Gasteiger partial charge in [0.05, 0.1) is 0 Å². The van der Waals surface area contributed by atoms with Crippen molar-refractivity contribution in [3.8, 4) is 0 Å². The molecule has 0 spiro atoms. The third-order valence-electron chi connectivity index (χ3n) is 0.441. The molecule has 0 aromatic carbocycles. The van der Waals surface area contributed by atoms with Crippen molar-refractivity contribution in [3.05, 3.63) is 0 Å². The van der Waals surface area contributed by atoms with Gasteiger partial charge in [-0.05, 0) is 0 Å². The van der Waals surface area contributed by atoms with E-state index < -0.39 is 0 Å². The standard InChI is InChI=1S/C2H3BN2/c1-2-4-5-3-1/h2H,1H2. The van der Waals surface area contributed by atoms with Crippen LogP contribution in [0.15, 0.2) is 10.1 Å². The van der Waals surface area contributed by atoms with Crippen LogP contribution in [0.1, 0.15) is 0 Å². The second-order valence-electron chi connectivity index (χ2n) is 0.832. The van der Waals surface area contributed by atoms with Crippen LogP contribution < -0.4 is 0 Å². The van der Waals surface area contributed by atoms with Crippen molar-refractivity contribution >= 4 is 13.3 Å². The Labute approximate surface area is 30.8 Å². The fraction of sp³-hybridized carbons (Fsp3) is 0.500. The number of nitrogens with zero attached hydrogens (tertiary/aromatic N) is 2. The monoisotopic (exact) mass is 66.0 g/mol. The first-order chi connectivity index (χ1) is 2.50. The Bertz CT molecular complexity index is 65.7. The predicted octanol–water partition coefficient (Wildman–Crippen LogP) is 0.292. The van der Waals surface area contributed by atoms with Crippen LogP contribution in [0.3, 0.4) is 0 Å². The minimum atomic E-state index is 0.917. The van der Waals surface area contributed by atoms with Crippen LogP contribution in [-0.4, -0.2) is 13.3 Å². The fourth-order valence-electron chi connectivity index (χ4n) is 0.236. The molecule has 0 radical (unpaired) electrons. The van der Waals surface area contributed by atoms with E-state index in [1.165, 1.54) is 0 Å². The zero-order valence-electron chi connectivity index (χ0n) is 2.76. The maximum atomic E-state index is 3.53. The molecule has 0 N–H and O–H groups in total. The quantitative estimate of drug-likeness (QED) is 0.363. The third-order valence-corrected chi connectivity index (χ3v) is 0.441. The minimum absolute atomic E-state index is 0.917. The van der Waals surface area contributed by atoms with Gasteiger partial charge in [-0.25, -0.2) is 0 Å². The van der Waals surface area contributed by atoms with E-state index >= 15 is 0 Å². The summed E-state index contributed by atoms with van der Waals surface area (Å²) in [7, 11) is 1.76. The van der Waals surface area contributed by atoms with Gasteiger partial charge in [0.15, 0.2) is 0 Å². The predicted molar refractivity (Wildman–Crippen MR) is 21.5 cm³/mol. The van der Waals surface area contributed by atoms with Crippen molar-refractivity contribution < 1.29 is 0 Å². The first-order valence-electron chi connectivity index (χ1n) is 1.53. The normalized spacial score (nSPS) is 16.0. The van der Waals surface area contributed by atoms with Crippen molar-refractivity contribution in [2.75, 3.05) is 0 Å². The van der Waals surface area contributed by atoms with E-state index in [1.54, 1.807) is 13.3 Å². The maximum absolute atomic E-state index is 3.53. The Hall–Kier alpha value is -0.465. The van der Waals surface area contributed by atoms with E-state index in [9.17, 15) is 0 Å². The van der Waals surface area contributed by atoms with Crippen LogP contribution >= 0.6 is 0 Å². The second-order valence-corrected chi connectivity index (χ2v) is 0.832. The SMILES string of the molecule is B1=NN=CC1. The molecule has 0 unspecified atom stereocenters. The summed E-state index contributed by atoms with van der Waals surface area (Å²) < 4.78 is 0. The van der Waals surface area contributed by atoms with Gasteiger partial charge in [0.25, 0.3) is 0 Å².